The molecule has 0 saturated carbocycles. The molecule has 1 aromatic carbocycles. The third-order valence-corrected chi connectivity index (χ3v) is 6.07. The molecule has 25 heavy (non-hydrogen) atoms. The molecule has 1 aliphatic heterocycles. The number of nitrogens with zero attached hydrogens (tertiary/aromatic N) is 1. The van der Waals surface area contributed by atoms with Crippen molar-refractivity contribution >= 4 is 17.2 Å². The monoisotopic (exact) mass is 359 g/mol. The van der Waals surface area contributed by atoms with E-state index < -0.39 is 6.04 Å². The molecule has 1 aromatic heterocycles. The number of hydrogen-bond acceptors (Lipinski definition) is 5. The van der Waals surface area contributed by atoms with E-state index in [-0.39, 0.29) is 17.9 Å². The molecular weight excluding hydrogens is 334 g/mol. The van der Waals surface area contributed by atoms with Gasteiger partial charge in [0.25, 0.3) is 0 Å². The smallest absolute Gasteiger partial charge is 0.237 e. The van der Waals surface area contributed by atoms with E-state index in [1.807, 2.05) is 44.2 Å². The van der Waals surface area contributed by atoms with E-state index in [1.165, 1.54) is 0 Å². The maximum Gasteiger partial charge on any atom is 0.237 e. The summed E-state index contributed by atoms with van der Waals surface area (Å²) in [5.74, 6) is 0.108. The normalized spacial score (nSPS) is 17.9. The zero-order chi connectivity index (χ0) is 17.8. The first-order chi connectivity index (χ1) is 12.1. The van der Waals surface area contributed by atoms with Crippen molar-refractivity contribution in [3.8, 4) is 10.6 Å². The minimum atomic E-state index is -0.479. The van der Waals surface area contributed by atoms with Gasteiger partial charge in [-0.2, -0.15) is 0 Å². The zero-order valence-corrected chi connectivity index (χ0v) is 15.5. The van der Waals surface area contributed by atoms with E-state index in [1.54, 1.807) is 11.3 Å². The highest BCUT2D eigenvalue weighted by molar-refractivity contribution is 7.15. The molecule has 2 unspecified atom stereocenters. The Kier molecular flexibility index (Phi) is 5.83. The third-order valence-electron chi connectivity index (χ3n) is 4.68. The van der Waals surface area contributed by atoms with Gasteiger partial charge < -0.3 is 15.8 Å². The number of carbonyl (C=O) groups is 1. The van der Waals surface area contributed by atoms with Gasteiger partial charge in [-0.3, -0.25) is 4.79 Å². The second kappa shape index (κ2) is 8.08. The fourth-order valence-electron chi connectivity index (χ4n) is 3.18. The molecule has 0 aliphatic carbocycles. The number of rotatable bonds is 5. The van der Waals surface area contributed by atoms with Gasteiger partial charge in [0.05, 0.1) is 22.7 Å². The molecule has 2 heterocycles. The van der Waals surface area contributed by atoms with Gasteiger partial charge in [0.1, 0.15) is 5.01 Å². The van der Waals surface area contributed by atoms with Crippen molar-refractivity contribution in [3.63, 3.8) is 0 Å². The van der Waals surface area contributed by atoms with Gasteiger partial charge in [0.15, 0.2) is 0 Å². The van der Waals surface area contributed by atoms with Gasteiger partial charge in [0.2, 0.25) is 5.91 Å². The Labute approximate surface area is 152 Å². The number of benzene rings is 1. The van der Waals surface area contributed by atoms with E-state index in [0.717, 1.165) is 34.0 Å². The lowest BCUT2D eigenvalue weighted by Crippen LogP contribution is -2.47. The number of aromatic nitrogens is 1. The number of nitrogens with two attached hydrogens (primary N) is 1. The number of thiazole rings is 1. The first-order valence-corrected chi connectivity index (χ1v) is 9.54. The van der Waals surface area contributed by atoms with E-state index in [0.29, 0.717) is 13.2 Å². The van der Waals surface area contributed by atoms with Crippen molar-refractivity contribution in [2.75, 3.05) is 13.2 Å². The average molecular weight is 359 g/mol. The Balaban J connectivity index is 1.67. The number of hydrogen-bond donors (Lipinski definition) is 2. The highest BCUT2D eigenvalue weighted by Gasteiger charge is 2.28. The predicted molar refractivity (Wildman–Crippen MR) is 100 cm³/mol. The van der Waals surface area contributed by atoms with E-state index in [2.05, 4.69) is 10.3 Å². The summed E-state index contributed by atoms with van der Waals surface area (Å²) in [4.78, 5) is 18.3. The molecule has 2 atom stereocenters. The number of carbonyl (C=O) groups excluding carboxylic acids is 1. The number of amides is 1. The average Bonchev–Trinajstić information content (AvgIpc) is 3.04. The summed E-state index contributed by atoms with van der Waals surface area (Å²) in [5.41, 5.74) is 8.22. The highest BCUT2D eigenvalue weighted by Crippen LogP contribution is 2.31. The molecule has 2 aromatic rings. The lowest BCUT2D eigenvalue weighted by Gasteiger charge is -2.27. The first kappa shape index (κ1) is 18.0. The van der Waals surface area contributed by atoms with Crippen LogP contribution in [0.3, 0.4) is 0 Å². The molecule has 0 spiro atoms. The first-order valence-electron chi connectivity index (χ1n) is 8.72. The van der Waals surface area contributed by atoms with Crippen molar-refractivity contribution < 1.29 is 9.53 Å². The summed E-state index contributed by atoms with van der Waals surface area (Å²) in [7, 11) is 0. The van der Waals surface area contributed by atoms with Gasteiger partial charge in [-0.15, -0.1) is 11.3 Å². The molecule has 0 radical (unpaired) electrons. The van der Waals surface area contributed by atoms with Crippen LogP contribution in [0.2, 0.25) is 0 Å². The molecule has 6 heteroatoms. The summed E-state index contributed by atoms with van der Waals surface area (Å²) in [5, 5.41) is 4.04. The molecule has 1 saturated heterocycles. The molecule has 134 valence electrons. The summed E-state index contributed by atoms with van der Waals surface area (Å²) in [6.45, 7) is 5.36. The number of ether oxygens (including phenoxy) is 1. The second-order valence-corrected chi connectivity index (χ2v) is 7.57. The van der Waals surface area contributed by atoms with Crippen molar-refractivity contribution in [2.24, 2.45) is 11.7 Å². The van der Waals surface area contributed by atoms with Crippen LogP contribution in [0.4, 0.5) is 0 Å². The molecule has 1 aliphatic rings. The van der Waals surface area contributed by atoms with Gasteiger partial charge >= 0.3 is 0 Å². The highest BCUT2D eigenvalue weighted by atomic mass is 32.1. The predicted octanol–water partition coefficient (Wildman–Crippen LogP) is 3.05. The molecule has 1 amide bonds. The summed E-state index contributed by atoms with van der Waals surface area (Å²) in [6.07, 6.45) is 1.70. The molecule has 1 fully saturated rings. The van der Waals surface area contributed by atoms with Crippen LogP contribution >= 0.6 is 11.3 Å². The van der Waals surface area contributed by atoms with Crippen LogP contribution in [0.25, 0.3) is 10.6 Å². The Morgan fingerprint density at radius 2 is 2.00 bits per heavy atom. The minimum absolute atomic E-state index is 0.0894. The second-order valence-electron chi connectivity index (χ2n) is 6.54. The van der Waals surface area contributed by atoms with E-state index in [9.17, 15) is 4.79 Å². The van der Waals surface area contributed by atoms with Crippen LogP contribution in [0.1, 0.15) is 36.4 Å². The topological polar surface area (TPSA) is 77.2 Å². The van der Waals surface area contributed by atoms with E-state index >= 15 is 0 Å². The van der Waals surface area contributed by atoms with Crippen LogP contribution in [0.5, 0.6) is 0 Å². The lowest BCUT2D eigenvalue weighted by molar-refractivity contribution is -0.125. The Hall–Kier alpha value is -1.76. The number of aryl methyl sites for hydroxylation is 1. The van der Waals surface area contributed by atoms with Crippen molar-refractivity contribution in [2.45, 2.75) is 38.8 Å². The molecule has 3 N–H and O–H groups in total. The Morgan fingerprint density at radius 1 is 1.32 bits per heavy atom. The van der Waals surface area contributed by atoms with Crippen LogP contribution in [-0.4, -0.2) is 30.1 Å². The summed E-state index contributed by atoms with van der Waals surface area (Å²) in [6, 6.07) is 9.51. The number of nitrogens with one attached hydrogen (secondary N) is 1. The van der Waals surface area contributed by atoms with Crippen LogP contribution in [0.15, 0.2) is 30.3 Å². The van der Waals surface area contributed by atoms with Crippen LogP contribution in [-0.2, 0) is 9.53 Å². The minimum Gasteiger partial charge on any atom is -0.381 e. The molecular formula is C19H25N3O2S. The third kappa shape index (κ3) is 4.26. The maximum atomic E-state index is 12.5. The van der Waals surface area contributed by atoms with Crippen LogP contribution < -0.4 is 11.1 Å². The zero-order valence-electron chi connectivity index (χ0n) is 14.7. The Morgan fingerprint density at radius 3 is 2.68 bits per heavy atom. The fraction of sp³-hybridized carbons (Fsp3) is 0.474. The van der Waals surface area contributed by atoms with Gasteiger partial charge in [0, 0.05) is 18.8 Å². The van der Waals surface area contributed by atoms with Gasteiger partial charge in [-0.25, -0.2) is 4.98 Å². The molecule has 5 nitrogen and oxygen atoms in total. The van der Waals surface area contributed by atoms with E-state index in [4.69, 9.17) is 10.5 Å². The maximum absolute atomic E-state index is 12.5. The van der Waals surface area contributed by atoms with Crippen molar-refractivity contribution in [3.05, 3.63) is 40.9 Å². The van der Waals surface area contributed by atoms with Crippen LogP contribution in [0, 0.1) is 12.8 Å². The summed E-state index contributed by atoms with van der Waals surface area (Å²) < 4.78 is 5.35. The van der Waals surface area contributed by atoms with Crippen molar-refractivity contribution in [1.82, 2.24) is 10.3 Å². The summed E-state index contributed by atoms with van der Waals surface area (Å²) >= 11 is 1.62. The largest absolute Gasteiger partial charge is 0.381 e. The molecule has 0 bridgehead atoms. The molecule has 3 rings (SSSR count). The SMILES string of the molecule is Cc1nc(-c2ccccc2)sc1C(C)NC(=O)C(N)C1CCOCC1. The Bertz CT molecular complexity index is 711. The fourth-order valence-corrected chi connectivity index (χ4v) is 4.25. The van der Waals surface area contributed by atoms with Crippen molar-refractivity contribution in [1.29, 1.82) is 0 Å². The van der Waals surface area contributed by atoms with Gasteiger partial charge in [-0.1, -0.05) is 30.3 Å². The quantitative estimate of drug-likeness (QED) is 0.860. The van der Waals surface area contributed by atoms with Gasteiger partial charge in [-0.05, 0) is 32.6 Å². The standard InChI is InChI=1S/C19H25N3O2S/c1-12(21-18(23)16(20)14-8-10-24-11-9-14)17-13(2)22-19(25-17)15-6-4-3-5-7-15/h3-7,12,14,16H,8-11,20H2,1-2H3,(H,21,23). The lowest BCUT2D eigenvalue weighted by atomic mass is 9.91.